The Hall–Kier alpha value is -3.55. The van der Waals surface area contributed by atoms with Gasteiger partial charge in [-0.3, -0.25) is 10.1 Å². The second-order valence-corrected chi connectivity index (χ2v) is 6.11. The predicted molar refractivity (Wildman–Crippen MR) is 97.0 cm³/mol. The van der Waals surface area contributed by atoms with Crippen LogP contribution >= 0.6 is 0 Å². The molecule has 0 aliphatic heterocycles. The Morgan fingerprint density at radius 1 is 1.15 bits per heavy atom. The fourth-order valence-corrected chi connectivity index (χ4v) is 3.04. The number of benzene rings is 2. The number of aromatic amines is 1. The zero-order valence-electron chi connectivity index (χ0n) is 14.5. The minimum Gasteiger partial charge on any atom is -0.324 e. The number of anilines is 1. The molecular formula is C19H15F2N5O. The summed E-state index contributed by atoms with van der Waals surface area (Å²) in [4.78, 5) is 20.1. The first kappa shape index (κ1) is 16.9. The van der Waals surface area contributed by atoms with E-state index in [4.69, 9.17) is 0 Å². The molecule has 0 bridgehead atoms. The fourth-order valence-electron chi connectivity index (χ4n) is 3.04. The molecule has 2 aromatic carbocycles. The Kier molecular flexibility index (Phi) is 3.95. The maximum absolute atomic E-state index is 14.1. The molecule has 6 nitrogen and oxygen atoms in total. The normalized spacial score (nSPS) is 11.1. The molecule has 0 radical (unpaired) electrons. The maximum Gasteiger partial charge on any atom is 0.261 e. The maximum atomic E-state index is 14.1. The summed E-state index contributed by atoms with van der Waals surface area (Å²) in [6, 6.07) is 10.6. The second-order valence-electron chi connectivity index (χ2n) is 6.11. The highest BCUT2D eigenvalue weighted by atomic mass is 19.1. The van der Waals surface area contributed by atoms with Crippen LogP contribution in [0.5, 0.6) is 0 Å². The molecule has 0 unspecified atom stereocenters. The van der Waals surface area contributed by atoms with E-state index in [0.29, 0.717) is 22.9 Å². The number of hydrogen-bond donors (Lipinski definition) is 2. The Labute approximate surface area is 152 Å². The van der Waals surface area contributed by atoms with Gasteiger partial charge in [-0.05, 0) is 38.1 Å². The van der Waals surface area contributed by atoms with Crippen molar-refractivity contribution in [3.05, 3.63) is 71.1 Å². The highest BCUT2D eigenvalue weighted by Crippen LogP contribution is 2.22. The van der Waals surface area contributed by atoms with Crippen molar-refractivity contribution in [1.29, 1.82) is 0 Å². The SMILES string of the molecule is Cc1nn(-c2ccc(F)cc2F)c(C)c1C(=O)Nc1nc2ccccc2[nH]1. The average molecular weight is 367 g/mol. The lowest BCUT2D eigenvalue weighted by Crippen LogP contribution is -2.15. The lowest BCUT2D eigenvalue weighted by atomic mass is 10.2. The molecule has 0 saturated carbocycles. The number of imidazole rings is 1. The van der Waals surface area contributed by atoms with E-state index < -0.39 is 17.5 Å². The van der Waals surface area contributed by atoms with Crippen LogP contribution in [0.1, 0.15) is 21.7 Å². The summed E-state index contributed by atoms with van der Waals surface area (Å²) in [5.41, 5.74) is 2.76. The fraction of sp³-hybridized carbons (Fsp3) is 0.105. The van der Waals surface area contributed by atoms with Crippen LogP contribution in [-0.2, 0) is 0 Å². The van der Waals surface area contributed by atoms with Gasteiger partial charge in [-0.15, -0.1) is 0 Å². The number of rotatable bonds is 3. The number of carbonyl (C=O) groups is 1. The summed E-state index contributed by atoms with van der Waals surface area (Å²) in [6.07, 6.45) is 0. The Balaban J connectivity index is 1.69. The van der Waals surface area contributed by atoms with Crippen LogP contribution in [0.25, 0.3) is 16.7 Å². The van der Waals surface area contributed by atoms with E-state index in [1.54, 1.807) is 13.8 Å². The van der Waals surface area contributed by atoms with Crippen molar-refractivity contribution in [2.45, 2.75) is 13.8 Å². The number of nitrogens with one attached hydrogen (secondary N) is 2. The highest BCUT2D eigenvalue weighted by Gasteiger charge is 2.22. The van der Waals surface area contributed by atoms with Gasteiger partial charge >= 0.3 is 0 Å². The van der Waals surface area contributed by atoms with Crippen molar-refractivity contribution in [2.75, 3.05) is 5.32 Å². The molecule has 0 atom stereocenters. The van der Waals surface area contributed by atoms with E-state index in [1.165, 1.54) is 10.7 Å². The molecule has 4 aromatic rings. The summed E-state index contributed by atoms with van der Waals surface area (Å²) in [6.45, 7) is 3.30. The number of para-hydroxylation sites is 2. The van der Waals surface area contributed by atoms with Crippen molar-refractivity contribution in [3.8, 4) is 5.69 Å². The Morgan fingerprint density at radius 2 is 1.93 bits per heavy atom. The first-order valence-electron chi connectivity index (χ1n) is 8.22. The van der Waals surface area contributed by atoms with Crippen LogP contribution in [0.2, 0.25) is 0 Å². The van der Waals surface area contributed by atoms with Crippen molar-refractivity contribution >= 4 is 22.9 Å². The smallest absolute Gasteiger partial charge is 0.261 e. The van der Waals surface area contributed by atoms with Gasteiger partial charge in [0.05, 0.1) is 28.0 Å². The zero-order chi connectivity index (χ0) is 19.1. The number of fused-ring (bicyclic) bond motifs is 1. The van der Waals surface area contributed by atoms with E-state index in [9.17, 15) is 13.6 Å². The van der Waals surface area contributed by atoms with E-state index in [1.807, 2.05) is 24.3 Å². The minimum atomic E-state index is -0.759. The molecule has 0 aliphatic carbocycles. The summed E-state index contributed by atoms with van der Waals surface area (Å²) in [7, 11) is 0. The molecule has 27 heavy (non-hydrogen) atoms. The standard InChI is InChI=1S/C19H15F2N5O/c1-10-17(11(2)26(25-10)16-8-7-12(20)9-13(16)21)18(27)24-19-22-14-5-3-4-6-15(14)23-19/h3-9H,1-2H3,(H2,22,23,24,27). The van der Waals surface area contributed by atoms with Crippen LogP contribution < -0.4 is 5.32 Å². The van der Waals surface area contributed by atoms with Crippen LogP contribution in [0.4, 0.5) is 14.7 Å². The van der Waals surface area contributed by atoms with Gasteiger partial charge in [0.2, 0.25) is 5.95 Å². The van der Waals surface area contributed by atoms with Gasteiger partial charge in [0.15, 0.2) is 5.82 Å². The van der Waals surface area contributed by atoms with Crippen LogP contribution in [0, 0.1) is 25.5 Å². The van der Waals surface area contributed by atoms with Gasteiger partial charge < -0.3 is 4.98 Å². The van der Waals surface area contributed by atoms with Crippen LogP contribution in [-0.4, -0.2) is 25.7 Å². The number of aromatic nitrogens is 4. The number of carbonyl (C=O) groups excluding carboxylic acids is 1. The second kappa shape index (κ2) is 6.31. The van der Waals surface area contributed by atoms with Gasteiger partial charge in [0.25, 0.3) is 5.91 Å². The topological polar surface area (TPSA) is 75.6 Å². The van der Waals surface area contributed by atoms with Gasteiger partial charge in [-0.1, -0.05) is 12.1 Å². The van der Waals surface area contributed by atoms with Crippen molar-refractivity contribution < 1.29 is 13.6 Å². The van der Waals surface area contributed by atoms with Gasteiger partial charge in [0.1, 0.15) is 11.5 Å². The number of nitrogens with zero attached hydrogens (tertiary/aromatic N) is 3. The van der Waals surface area contributed by atoms with Crippen molar-refractivity contribution in [1.82, 2.24) is 19.7 Å². The molecule has 0 saturated heterocycles. The quantitative estimate of drug-likeness (QED) is 0.577. The molecular weight excluding hydrogens is 352 g/mol. The molecule has 0 fully saturated rings. The average Bonchev–Trinajstić information content (AvgIpc) is 3.14. The molecule has 2 N–H and O–H groups in total. The Bertz CT molecular complexity index is 1150. The first-order valence-corrected chi connectivity index (χ1v) is 8.22. The largest absolute Gasteiger partial charge is 0.324 e. The van der Waals surface area contributed by atoms with Crippen molar-refractivity contribution in [2.24, 2.45) is 0 Å². The first-order chi connectivity index (χ1) is 12.9. The lowest BCUT2D eigenvalue weighted by Gasteiger charge is -2.07. The molecule has 2 heterocycles. The highest BCUT2D eigenvalue weighted by molar-refractivity contribution is 6.05. The Morgan fingerprint density at radius 3 is 2.67 bits per heavy atom. The predicted octanol–water partition coefficient (Wildman–Crippen LogP) is 3.90. The third-order valence-electron chi connectivity index (χ3n) is 4.28. The van der Waals surface area contributed by atoms with Crippen molar-refractivity contribution in [3.63, 3.8) is 0 Å². The lowest BCUT2D eigenvalue weighted by molar-refractivity contribution is 0.102. The number of H-pyrrole nitrogens is 1. The summed E-state index contributed by atoms with van der Waals surface area (Å²) < 4.78 is 28.6. The monoisotopic (exact) mass is 367 g/mol. The third-order valence-corrected chi connectivity index (χ3v) is 4.28. The van der Waals surface area contributed by atoms with Gasteiger partial charge in [0, 0.05) is 6.07 Å². The summed E-state index contributed by atoms with van der Waals surface area (Å²) in [5, 5.41) is 6.94. The van der Waals surface area contributed by atoms with E-state index >= 15 is 0 Å². The molecule has 0 spiro atoms. The van der Waals surface area contributed by atoms with Gasteiger partial charge in [-0.2, -0.15) is 5.10 Å². The summed E-state index contributed by atoms with van der Waals surface area (Å²) >= 11 is 0. The molecule has 2 aromatic heterocycles. The number of amides is 1. The number of hydrogen-bond acceptors (Lipinski definition) is 3. The van der Waals surface area contributed by atoms with E-state index in [-0.39, 0.29) is 5.69 Å². The molecule has 8 heteroatoms. The number of halogens is 2. The minimum absolute atomic E-state index is 0.0692. The zero-order valence-corrected chi connectivity index (χ0v) is 14.5. The van der Waals surface area contributed by atoms with Crippen LogP contribution in [0.3, 0.4) is 0 Å². The molecule has 4 rings (SSSR count). The van der Waals surface area contributed by atoms with E-state index in [0.717, 1.165) is 23.2 Å². The van der Waals surface area contributed by atoms with Crippen LogP contribution in [0.15, 0.2) is 42.5 Å². The third kappa shape index (κ3) is 2.95. The molecule has 0 aliphatic rings. The molecule has 1 amide bonds. The van der Waals surface area contributed by atoms with E-state index in [2.05, 4.69) is 20.4 Å². The summed E-state index contributed by atoms with van der Waals surface area (Å²) in [5.74, 6) is -1.55. The van der Waals surface area contributed by atoms with Gasteiger partial charge in [-0.25, -0.2) is 18.4 Å². The number of aryl methyl sites for hydroxylation is 1. The molecule has 136 valence electrons.